The number of aliphatic imine (C=N–C) groups is 1. The number of ether oxygens (including phenoxy) is 1. The normalized spacial score (nSPS) is 26.7. The molecular formula is C23H24FN5O4S. The van der Waals surface area contributed by atoms with Gasteiger partial charge >= 0.3 is 0 Å². The molecule has 3 N–H and O–H groups in total. The largest absolute Gasteiger partial charge is 0.463 e. The molecule has 2 aliphatic rings. The zero-order valence-electron chi connectivity index (χ0n) is 18.9. The van der Waals surface area contributed by atoms with Gasteiger partial charge < -0.3 is 15.8 Å². The van der Waals surface area contributed by atoms with Crippen LogP contribution in [0.2, 0.25) is 0 Å². The van der Waals surface area contributed by atoms with E-state index in [1.165, 1.54) is 24.5 Å². The number of nitrogens with one attached hydrogen (secondary N) is 1. The van der Waals surface area contributed by atoms with Crippen LogP contribution < -0.4 is 15.8 Å². The van der Waals surface area contributed by atoms with Crippen molar-refractivity contribution >= 4 is 27.3 Å². The van der Waals surface area contributed by atoms with Crippen LogP contribution in [0, 0.1) is 17.7 Å². The molecule has 3 heterocycles. The summed E-state index contributed by atoms with van der Waals surface area (Å²) in [5.74, 6) is 4.37. The first-order valence-electron chi connectivity index (χ1n) is 10.6. The molecular weight excluding hydrogens is 461 g/mol. The first-order valence-corrected chi connectivity index (χ1v) is 12.1. The van der Waals surface area contributed by atoms with Gasteiger partial charge in [0.2, 0.25) is 5.88 Å². The molecule has 0 unspecified atom stereocenters. The zero-order valence-corrected chi connectivity index (χ0v) is 19.7. The summed E-state index contributed by atoms with van der Waals surface area (Å²) in [4.78, 5) is 25.2. The Morgan fingerprint density at radius 3 is 2.76 bits per heavy atom. The summed E-state index contributed by atoms with van der Waals surface area (Å²) in [5.41, 5.74) is 4.96. The van der Waals surface area contributed by atoms with Crippen molar-refractivity contribution < 1.29 is 22.3 Å². The highest BCUT2D eigenvalue weighted by Gasteiger charge is 2.63. The predicted molar refractivity (Wildman–Crippen MR) is 125 cm³/mol. The number of amides is 1. The van der Waals surface area contributed by atoms with Crippen LogP contribution in [-0.2, 0) is 15.4 Å². The van der Waals surface area contributed by atoms with E-state index in [0.717, 1.165) is 6.07 Å². The number of carbonyl (C=O) groups excluding carboxylic acids is 1. The van der Waals surface area contributed by atoms with Gasteiger partial charge in [-0.2, -0.15) is 0 Å². The Hall–Kier alpha value is -3.52. The lowest BCUT2D eigenvalue weighted by Gasteiger charge is -2.39. The molecule has 178 valence electrons. The van der Waals surface area contributed by atoms with Gasteiger partial charge in [0, 0.05) is 11.3 Å². The highest BCUT2D eigenvalue weighted by Crippen LogP contribution is 2.51. The third-order valence-electron chi connectivity index (χ3n) is 6.51. The lowest BCUT2D eigenvalue weighted by Crippen LogP contribution is -2.55. The van der Waals surface area contributed by atoms with E-state index < -0.39 is 37.1 Å². The van der Waals surface area contributed by atoms with Crippen molar-refractivity contribution in [2.45, 2.75) is 49.1 Å². The number of amidine groups is 1. The molecule has 1 saturated heterocycles. The second kappa shape index (κ2) is 8.36. The molecule has 1 aromatic heterocycles. The van der Waals surface area contributed by atoms with E-state index >= 15 is 0 Å². The van der Waals surface area contributed by atoms with Crippen molar-refractivity contribution in [2.75, 3.05) is 11.9 Å². The van der Waals surface area contributed by atoms with E-state index in [9.17, 15) is 17.6 Å². The number of sulfone groups is 1. The smallest absolute Gasteiger partial charge is 0.275 e. The van der Waals surface area contributed by atoms with Crippen LogP contribution in [0.3, 0.4) is 0 Å². The summed E-state index contributed by atoms with van der Waals surface area (Å²) in [6.07, 6.45) is 3.18. The van der Waals surface area contributed by atoms with Crippen molar-refractivity contribution in [2.24, 2.45) is 10.7 Å². The Labute approximate surface area is 197 Å². The number of fused-ring (bicyclic) bond motifs is 2. The Bertz CT molecular complexity index is 1350. The topological polar surface area (TPSA) is 137 Å². The highest BCUT2D eigenvalue weighted by molar-refractivity contribution is 7.94. The average molecular weight is 486 g/mol. The van der Waals surface area contributed by atoms with Crippen molar-refractivity contribution in [1.82, 2.24) is 9.97 Å². The minimum Gasteiger partial charge on any atom is -0.463 e. The molecule has 0 radical (unpaired) electrons. The maximum absolute atomic E-state index is 15.0. The van der Waals surface area contributed by atoms with Gasteiger partial charge in [-0.25, -0.2) is 22.8 Å². The number of nitrogens with zero attached hydrogens (tertiary/aromatic N) is 3. The third-order valence-corrected chi connectivity index (χ3v) is 9.62. The first-order chi connectivity index (χ1) is 16.0. The predicted octanol–water partition coefficient (Wildman–Crippen LogP) is 2.19. The van der Waals surface area contributed by atoms with Crippen molar-refractivity contribution in [3.05, 3.63) is 47.7 Å². The summed E-state index contributed by atoms with van der Waals surface area (Å²) in [6.45, 7) is 4.95. The van der Waals surface area contributed by atoms with E-state index in [4.69, 9.17) is 10.5 Å². The molecule has 34 heavy (non-hydrogen) atoms. The van der Waals surface area contributed by atoms with Gasteiger partial charge in [0.1, 0.15) is 27.6 Å². The number of halogens is 1. The van der Waals surface area contributed by atoms with E-state index in [1.807, 2.05) is 0 Å². The summed E-state index contributed by atoms with van der Waals surface area (Å²) >= 11 is 0. The summed E-state index contributed by atoms with van der Waals surface area (Å²) in [7, 11) is -3.69. The number of hydrogen-bond acceptors (Lipinski definition) is 8. The van der Waals surface area contributed by atoms with Gasteiger partial charge in [-0.15, -0.1) is 5.92 Å². The monoisotopic (exact) mass is 485 g/mol. The molecule has 11 heteroatoms. The van der Waals surface area contributed by atoms with Crippen molar-refractivity contribution in [3.63, 3.8) is 0 Å². The van der Waals surface area contributed by atoms with Crippen LogP contribution in [0.25, 0.3) is 0 Å². The van der Waals surface area contributed by atoms with Crippen LogP contribution in [0.5, 0.6) is 5.88 Å². The van der Waals surface area contributed by atoms with Gasteiger partial charge in [-0.05, 0) is 51.8 Å². The van der Waals surface area contributed by atoms with Crippen LogP contribution in [0.1, 0.15) is 49.7 Å². The SMILES string of the molecule is CC#CCOc1cnc(C(=O)Nc2ccc(F)c([C@@]3(C)N=C(N)[C@@]4(C)CC[C@@H]3S4(=O)=O)c2)cn1. The third kappa shape index (κ3) is 3.68. The van der Waals surface area contributed by atoms with E-state index in [-0.39, 0.29) is 35.3 Å². The van der Waals surface area contributed by atoms with E-state index in [0.29, 0.717) is 12.8 Å². The second-order valence-electron chi connectivity index (χ2n) is 8.55. The van der Waals surface area contributed by atoms with Crippen LogP contribution in [-0.4, -0.2) is 46.7 Å². The maximum Gasteiger partial charge on any atom is 0.275 e. The molecule has 0 spiro atoms. The average Bonchev–Trinajstić information content (AvgIpc) is 2.98. The number of aromatic nitrogens is 2. The number of anilines is 1. The molecule has 0 aliphatic carbocycles. The molecule has 1 amide bonds. The van der Waals surface area contributed by atoms with Crippen molar-refractivity contribution in [1.29, 1.82) is 0 Å². The summed E-state index contributed by atoms with van der Waals surface area (Å²) in [6, 6.07) is 3.92. The lowest BCUT2D eigenvalue weighted by molar-refractivity contribution is 0.102. The standard InChI is InChI=1S/C23H24FN5O4S/c1-4-5-10-33-19-13-26-17(12-27-19)20(30)28-14-6-7-16(24)15(11-14)23(3)18-8-9-22(2,21(25)29-23)34(18,31)32/h6-7,11-13,18H,8-10H2,1-3H3,(H2,25,29)(H,28,30)/t18-,22+,23+/m0/s1. The Kier molecular flexibility index (Phi) is 5.81. The van der Waals surface area contributed by atoms with Crippen molar-refractivity contribution in [3.8, 4) is 17.7 Å². The molecule has 3 atom stereocenters. The quantitative estimate of drug-likeness (QED) is 0.620. The number of benzene rings is 1. The molecule has 0 saturated carbocycles. The fourth-order valence-corrected chi connectivity index (χ4v) is 7.00. The molecule has 2 bridgehead atoms. The lowest BCUT2D eigenvalue weighted by atomic mass is 9.86. The molecule has 1 aromatic carbocycles. The van der Waals surface area contributed by atoms with Gasteiger partial charge in [0.15, 0.2) is 16.4 Å². The minimum atomic E-state index is -3.69. The summed E-state index contributed by atoms with van der Waals surface area (Å²) in [5, 5.41) is 1.71. The maximum atomic E-state index is 15.0. The zero-order chi connectivity index (χ0) is 24.7. The van der Waals surface area contributed by atoms with Gasteiger partial charge in [0.05, 0.1) is 17.6 Å². The first kappa shape index (κ1) is 23.6. The fourth-order valence-electron chi connectivity index (χ4n) is 4.43. The van der Waals surface area contributed by atoms with Gasteiger partial charge in [-0.1, -0.05) is 5.92 Å². The Balaban J connectivity index is 1.61. The number of nitrogens with two attached hydrogens (primary N) is 1. The second-order valence-corrected chi connectivity index (χ2v) is 11.1. The van der Waals surface area contributed by atoms with Gasteiger partial charge in [0.25, 0.3) is 5.91 Å². The van der Waals surface area contributed by atoms with E-state index in [1.54, 1.807) is 20.8 Å². The number of carbonyl (C=O) groups is 1. The fraction of sp³-hybridized carbons (Fsp3) is 0.391. The van der Waals surface area contributed by atoms with E-state index in [2.05, 4.69) is 32.1 Å². The van der Waals surface area contributed by atoms with Gasteiger partial charge in [-0.3, -0.25) is 9.79 Å². The molecule has 4 rings (SSSR count). The molecule has 2 aliphatic heterocycles. The Morgan fingerprint density at radius 2 is 2.09 bits per heavy atom. The Morgan fingerprint density at radius 1 is 1.32 bits per heavy atom. The summed E-state index contributed by atoms with van der Waals surface area (Å²) < 4.78 is 45.4. The number of rotatable bonds is 5. The number of hydrogen-bond donors (Lipinski definition) is 2. The van der Waals surface area contributed by atoms with Crippen LogP contribution >= 0.6 is 0 Å². The molecule has 1 fully saturated rings. The molecule has 2 aromatic rings. The van der Waals surface area contributed by atoms with Crippen LogP contribution in [0.4, 0.5) is 10.1 Å². The highest BCUT2D eigenvalue weighted by atomic mass is 32.2. The van der Waals surface area contributed by atoms with Crippen LogP contribution in [0.15, 0.2) is 35.6 Å². The minimum absolute atomic E-state index is 0.0140. The molecule has 9 nitrogen and oxygen atoms in total.